The van der Waals surface area contributed by atoms with Crippen LogP contribution in [0.25, 0.3) is 0 Å². The van der Waals surface area contributed by atoms with E-state index in [2.05, 4.69) is 5.32 Å². The average molecular weight is 630 g/mol. The van der Waals surface area contributed by atoms with Gasteiger partial charge in [0.25, 0.3) is 10.0 Å². The van der Waals surface area contributed by atoms with E-state index in [1.54, 1.807) is 62.4 Å². The molecule has 232 valence electrons. The number of hydrogen-bond acceptors (Lipinski definition) is 6. The number of benzene rings is 3. The first kappa shape index (κ1) is 33.9. The number of sulfonamides is 1. The lowest BCUT2D eigenvalue weighted by molar-refractivity contribution is -0.140. The highest BCUT2D eigenvalue weighted by Gasteiger charge is 2.35. The molecule has 0 spiro atoms. The van der Waals surface area contributed by atoms with Crippen LogP contribution in [-0.2, 0) is 26.2 Å². The van der Waals surface area contributed by atoms with Crippen molar-refractivity contribution >= 4 is 39.3 Å². The Morgan fingerprint density at radius 1 is 0.953 bits per heavy atom. The van der Waals surface area contributed by atoms with Crippen LogP contribution in [0.5, 0.6) is 5.75 Å². The zero-order chi connectivity index (χ0) is 31.6. The molecule has 0 saturated carbocycles. The molecule has 0 aromatic heterocycles. The van der Waals surface area contributed by atoms with E-state index in [-0.39, 0.29) is 42.1 Å². The summed E-state index contributed by atoms with van der Waals surface area (Å²) in [4.78, 5) is 29.9. The number of rotatable bonds is 15. The van der Waals surface area contributed by atoms with Gasteiger partial charge in [-0.15, -0.1) is 11.8 Å². The molecule has 43 heavy (non-hydrogen) atoms. The zero-order valence-electron chi connectivity index (χ0n) is 25.2. The summed E-state index contributed by atoms with van der Waals surface area (Å²) in [6.07, 6.45) is 2.88. The van der Waals surface area contributed by atoms with Gasteiger partial charge in [-0.2, -0.15) is 0 Å². The third-order valence-corrected chi connectivity index (χ3v) is 9.53. The molecule has 0 aliphatic rings. The fraction of sp³-hybridized carbons (Fsp3) is 0.375. The normalized spacial score (nSPS) is 12.7. The van der Waals surface area contributed by atoms with Gasteiger partial charge in [0, 0.05) is 17.5 Å². The zero-order valence-corrected chi connectivity index (χ0v) is 26.9. The number of nitrogens with one attached hydrogen (secondary N) is 1. The number of hydrogen-bond donors (Lipinski definition) is 1. The third kappa shape index (κ3) is 8.73. The topological polar surface area (TPSA) is 96.0 Å². The Kier molecular flexibility index (Phi) is 12.4. The molecule has 0 unspecified atom stereocenters. The lowest BCUT2D eigenvalue weighted by Crippen LogP contribution is -2.53. The Bertz CT molecular complexity index is 1470. The monoisotopic (exact) mass is 629 g/mol. The van der Waals surface area contributed by atoms with Gasteiger partial charge in [-0.25, -0.2) is 12.8 Å². The number of amides is 2. The van der Waals surface area contributed by atoms with Crippen LogP contribution in [-0.4, -0.2) is 56.6 Å². The number of nitrogens with zero attached hydrogens (tertiary/aromatic N) is 2. The highest BCUT2D eigenvalue weighted by molar-refractivity contribution is 7.98. The minimum Gasteiger partial charge on any atom is -0.492 e. The van der Waals surface area contributed by atoms with Crippen LogP contribution in [0.1, 0.15) is 46.1 Å². The van der Waals surface area contributed by atoms with Crippen molar-refractivity contribution in [2.45, 2.75) is 69.0 Å². The minimum atomic E-state index is -4.26. The van der Waals surface area contributed by atoms with Gasteiger partial charge in [-0.05, 0) is 87.0 Å². The van der Waals surface area contributed by atoms with Crippen molar-refractivity contribution < 1.29 is 27.1 Å². The van der Waals surface area contributed by atoms with Crippen molar-refractivity contribution in [3.05, 3.63) is 84.2 Å². The predicted octanol–water partition coefficient (Wildman–Crippen LogP) is 5.86. The molecule has 2 atom stereocenters. The summed E-state index contributed by atoms with van der Waals surface area (Å²) in [6.45, 7) is 7.06. The van der Waals surface area contributed by atoms with Crippen molar-refractivity contribution in [1.82, 2.24) is 10.2 Å². The summed E-state index contributed by atoms with van der Waals surface area (Å²) in [5.41, 5.74) is 0.798. The maximum Gasteiger partial charge on any atom is 0.264 e. The van der Waals surface area contributed by atoms with Crippen LogP contribution in [0.2, 0.25) is 0 Å². The van der Waals surface area contributed by atoms with E-state index in [4.69, 9.17) is 4.74 Å². The molecule has 0 heterocycles. The maximum atomic E-state index is 14.2. The first-order valence-electron chi connectivity index (χ1n) is 14.3. The van der Waals surface area contributed by atoms with E-state index in [0.29, 0.717) is 17.7 Å². The van der Waals surface area contributed by atoms with E-state index in [1.165, 1.54) is 40.9 Å². The Morgan fingerprint density at radius 3 is 2.19 bits per heavy atom. The van der Waals surface area contributed by atoms with Gasteiger partial charge in [-0.1, -0.05) is 38.1 Å². The molecule has 3 aromatic rings. The number of para-hydroxylation sites is 2. The number of carbonyl (C=O) groups is 2. The molecule has 0 bridgehead atoms. The van der Waals surface area contributed by atoms with Crippen molar-refractivity contribution in [2.24, 2.45) is 0 Å². The second kappa shape index (κ2) is 15.8. The Hall–Kier alpha value is -3.57. The van der Waals surface area contributed by atoms with Crippen molar-refractivity contribution in [1.29, 1.82) is 0 Å². The highest BCUT2D eigenvalue weighted by Crippen LogP contribution is 2.33. The summed E-state index contributed by atoms with van der Waals surface area (Å²) in [5, 5.41) is 2.94. The van der Waals surface area contributed by atoms with Crippen LogP contribution >= 0.6 is 11.8 Å². The van der Waals surface area contributed by atoms with E-state index >= 15 is 0 Å². The molecule has 0 fully saturated rings. The lowest BCUT2D eigenvalue weighted by atomic mass is 10.1. The van der Waals surface area contributed by atoms with E-state index < -0.39 is 34.3 Å². The summed E-state index contributed by atoms with van der Waals surface area (Å²) >= 11 is 1.48. The number of thioether (sulfide) groups is 1. The fourth-order valence-electron chi connectivity index (χ4n) is 4.48. The molecule has 0 aliphatic carbocycles. The highest BCUT2D eigenvalue weighted by atomic mass is 32.2. The fourth-order valence-corrected chi connectivity index (χ4v) is 6.31. The number of anilines is 1. The van der Waals surface area contributed by atoms with E-state index in [1.807, 2.05) is 20.1 Å². The SMILES string of the molecule is CCOc1ccccc1N(CC(=O)N(Cc1ccc(F)cc1)[C@@H](CC)C(=O)N[C@H](C)CC)S(=O)(=O)c1ccc(SC)cc1. The molecule has 0 aliphatic heterocycles. The van der Waals surface area contributed by atoms with Gasteiger partial charge in [0.1, 0.15) is 24.2 Å². The first-order valence-corrected chi connectivity index (χ1v) is 16.9. The predicted molar refractivity (Wildman–Crippen MR) is 169 cm³/mol. The molecule has 3 rings (SSSR count). The summed E-state index contributed by atoms with van der Waals surface area (Å²) < 4.78 is 48.8. The van der Waals surface area contributed by atoms with Crippen LogP contribution in [0.4, 0.5) is 10.1 Å². The van der Waals surface area contributed by atoms with Gasteiger partial charge in [0.2, 0.25) is 11.8 Å². The largest absolute Gasteiger partial charge is 0.492 e. The first-order chi connectivity index (χ1) is 20.5. The molecule has 8 nitrogen and oxygen atoms in total. The molecule has 0 saturated heterocycles. The summed E-state index contributed by atoms with van der Waals surface area (Å²) in [7, 11) is -4.26. The van der Waals surface area contributed by atoms with Crippen LogP contribution in [0.3, 0.4) is 0 Å². The summed E-state index contributed by atoms with van der Waals surface area (Å²) in [6, 6.07) is 17.7. The van der Waals surface area contributed by atoms with Crippen LogP contribution < -0.4 is 14.4 Å². The number of ether oxygens (including phenoxy) is 1. The van der Waals surface area contributed by atoms with Crippen molar-refractivity contribution in [2.75, 3.05) is 23.7 Å². The van der Waals surface area contributed by atoms with Gasteiger partial charge >= 0.3 is 0 Å². The smallest absolute Gasteiger partial charge is 0.264 e. The second-order valence-electron chi connectivity index (χ2n) is 9.98. The lowest BCUT2D eigenvalue weighted by Gasteiger charge is -2.34. The molecule has 11 heteroatoms. The van der Waals surface area contributed by atoms with Crippen molar-refractivity contribution in [3.63, 3.8) is 0 Å². The standard InChI is InChI=1S/C32H40FN3O5S2/c1-6-23(4)34-32(38)28(7-2)35(21-24-13-15-25(33)16-14-24)31(37)22-36(29-11-9-10-12-30(29)41-8-3)43(39,40)27-19-17-26(42-5)18-20-27/h9-20,23,28H,6-8,21-22H2,1-5H3,(H,34,38)/t23-,28+/m1/s1. The van der Waals surface area contributed by atoms with Gasteiger partial charge in [0.05, 0.1) is 17.2 Å². The maximum absolute atomic E-state index is 14.2. The van der Waals surface area contributed by atoms with Crippen LogP contribution in [0, 0.1) is 5.82 Å². The number of carbonyl (C=O) groups excluding carboxylic acids is 2. The quantitative estimate of drug-likeness (QED) is 0.212. The molecule has 2 amide bonds. The number of halogens is 1. The van der Waals surface area contributed by atoms with Gasteiger partial charge < -0.3 is 15.0 Å². The van der Waals surface area contributed by atoms with Crippen LogP contribution in [0.15, 0.2) is 82.6 Å². The molecular weight excluding hydrogens is 590 g/mol. The average Bonchev–Trinajstić information content (AvgIpc) is 3.01. The molecule has 3 aromatic carbocycles. The van der Waals surface area contributed by atoms with Gasteiger partial charge in [-0.3, -0.25) is 13.9 Å². The van der Waals surface area contributed by atoms with Crippen molar-refractivity contribution in [3.8, 4) is 5.75 Å². The van der Waals surface area contributed by atoms with Gasteiger partial charge in [0.15, 0.2) is 0 Å². The van der Waals surface area contributed by atoms with E-state index in [0.717, 1.165) is 9.20 Å². The van der Waals surface area contributed by atoms with E-state index in [9.17, 15) is 22.4 Å². The Balaban J connectivity index is 2.11. The molecule has 1 N–H and O–H groups in total. The Morgan fingerprint density at radius 2 is 1.60 bits per heavy atom. The Labute approximate surface area is 258 Å². The summed E-state index contributed by atoms with van der Waals surface area (Å²) in [5.74, 6) is -1.07. The second-order valence-corrected chi connectivity index (χ2v) is 12.7. The molecule has 0 radical (unpaired) electrons. The third-order valence-electron chi connectivity index (χ3n) is 7.01. The minimum absolute atomic E-state index is 0.0102. The molecular formula is C32H40FN3O5S2.